The highest BCUT2D eigenvalue weighted by Gasteiger charge is 2.45. The van der Waals surface area contributed by atoms with Gasteiger partial charge in [-0.25, -0.2) is 8.42 Å². The van der Waals surface area contributed by atoms with Crippen molar-refractivity contribution in [3.63, 3.8) is 0 Å². The maximum atomic E-state index is 12.9. The lowest BCUT2D eigenvalue weighted by molar-refractivity contribution is 0.427. The zero-order chi connectivity index (χ0) is 18.3. The fourth-order valence-corrected chi connectivity index (χ4v) is 5.65. The molecule has 3 atom stereocenters. The molecule has 138 valence electrons. The molecule has 1 saturated carbocycles. The van der Waals surface area contributed by atoms with Crippen molar-refractivity contribution in [2.24, 2.45) is 17.6 Å². The van der Waals surface area contributed by atoms with E-state index in [0.717, 1.165) is 12.8 Å². The van der Waals surface area contributed by atoms with E-state index in [4.69, 9.17) is 22.1 Å². The van der Waals surface area contributed by atoms with Crippen LogP contribution in [0.5, 0.6) is 11.5 Å². The number of rotatable bonds is 4. The van der Waals surface area contributed by atoms with Crippen LogP contribution in [0.1, 0.15) is 12.8 Å². The summed E-state index contributed by atoms with van der Waals surface area (Å²) >= 11 is 6.08. The summed E-state index contributed by atoms with van der Waals surface area (Å²) in [5.41, 5.74) is 6.12. The molecule has 2 aliphatic rings. The van der Waals surface area contributed by atoms with Crippen LogP contribution in [0.25, 0.3) is 0 Å². The molecule has 0 aromatic heterocycles. The largest absolute Gasteiger partial charge is 0.456 e. The smallest absolute Gasteiger partial charge is 0.243 e. The summed E-state index contributed by atoms with van der Waals surface area (Å²) in [7, 11) is -3.51. The third-order valence-electron chi connectivity index (χ3n) is 5.40. The molecule has 0 radical (unpaired) electrons. The lowest BCUT2D eigenvalue weighted by atomic mass is 9.98. The van der Waals surface area contributed by atoms with Crippen LogP contribution in [0.4, 0.5) is 0 Å². The molecule has 5 nitrogen and oxygen atoms in total. The lowest BCUT2D eigenvalue weighted by Crippen LogP contribution is -2.33. The van der Waals surface area contributed by atoms with Gasteiger partial charge in [-0.1, -0.05) is 23.7 Å². The van der Waals surface area contributed by atoms with Gasteiger partial charge in [0.05, 0.1) is 9.92 Å². The maximum absolute atomic E-state index is 12.9. The summed E-state index contributed by atoms with van der Waals surface area (Å²) in [6.45, 7) is 1.09. The molecule has 4 rings (SSSR count). The van der Waals surface area contributed by atoms with Gasteiger partial charge in [0.2, 0.25) is 10.0 Å². The number of sulfonamides is 1. The molecule has 1 aliphatic carbocycles. The van der Waals surface area contributed by atoms with Gasteiger partial charge in [0.1, 0.15) is 11.5 Å². The molecule has 0 bridgehead atoms. The van der Waals surface area contributed by atoms with Gasteiger partial charge in [-0.05, 0) is 61.1 Å². The van der Waals surface area contributed by atoms with Gasteiger partial charge in [-0.15, -0.1) is 0 Å². The average molecular weight is 393 g/mol. The zero-order valence-corrected chi connectivity index (χ0v) is 15.8. The first-order chi connectivity index (χ1) is 12.4. The summed E-state index contributed by atoms with van der Waals surface area (Å²) in [6, 6.07) is 13.7. The van der Waals surface area contributed by atoms with Gasteiger partial charge < -0.3 is 10.5 Å². The van der Waals surface area contributed by atoms with E-state index in [1.807, 2.05) is 12.1 Å². The van der Waals surface area contributed by atoms with Crippen molar-refractivity contribution in [1.82, 2.24) is 4.31 Å². The van der Waals surface area contributed by atoms with Gasteiger partial charge in [0.25, 0.3) is 0 Å². The number of nitrogens with zero attached hydrogens (tertiary/aromatic N) is 1. The molecule has 0 spiro atoms. The Bertz CT molecular complexity index is 901. The molecule has 2 aromatic carbocycles. The Morgan fingerprint density at radius 1 is 1.04 bits per heavy atom. The zero-order valence-electron chi connectivity index (χ0n) is 14.2. The van der Waals surface area contributed by atoms with E-state index in [-0.39, 0.29) is 16.9 Å². The fraction of sp³-hybridized carbons (Fsp3) is 0.368. The Morgan fingerprint density at radius 2 is 1.77 bits per heavy atom. The van der Waals surface area contributed by atoms with Crippen molar-refractivity contribution in [3.8, 4) is 11.5 Å². The summed E-state index contributed by atoms with van der Waals surface area (Å²) in [6.07, 6.45) is 2.01. The summed E-state index contributed by atoms with van der Waals surface area (Å²) in [5, 5.41) is 0.504. The van der Waals surface area contributed by atoms with Gasteiger partial charge >= 0.3 is 0 Å². The van der Waals surface area contributed by atoms with Crippen molar-refractivity contribution in [2.75, 3.05) is 13.1 Å². The molecule has 2 fully saturated rings. The summed E-state index contributed by atoms with van der Waals surface area (Å²) < 4.78 is 33.1. The van der Waals surface area contributed by atoms with E-state index >= 15 is 0 Å². The first-order valence-corrected chi connectivity index (χ1v) is 10.5. The highest BCUT2D eigenvalue weighted by atomic mass is 35.5. The first kappa shape index (κ1) is 17.8. The molecule has 2 N–H and O–H groups in total. The van der Waals surface area contributed by atoms with Crippen LogP contribution in [0.3, 0.4) is 0 Å². The Labute approximate surface area is 158 Å². The van der Waals surface area contributed by atoms with E-state index in [1.54, 1.807) is 40.7 Å². The summed E-state index contributed by atoms with van der Waals surface area (Å²) in [5.74, 6) is 1.75. The molecule has 1 saturated heterocycles. The van der Waals surface area contributed by atoms with Crippen LogP contribution in [0.15, 0.2) is 53.4 Å². The molecule has 26 heavy (non-hydrogen) atoms. The van der Waals surface area contributed by atoms with Crippen LogP contribution >= 0.6 is 11.6 Å². The molecule has 1 heterocycles. The number of para-hydroxylation sites is 1. The molecule has 3 unspecified atom stereocenters. The number of hydrogen-bond donors (Lipinski definition) is 1. The van der Waals surface area contributed by atoms with E-state index in [9.17, 15) is 8.42 Å². The van der Waals surface area contributed by atoms with Crippen LogP contribution in [0, 0.1) is 11.8 Å². The fourth-order valence-electron chi connectivity index (χ4n) is 3.95. The van der Waals surface area contributed by atoms with Crippen LogP contribution < -0.4 is 10.5 Å². The second-order valence-corrected chi connectivity index (χ2v) is 9.34. The van der Waals surface area contributed by atoms with Gasteiger partial charge in [0.15, 0.2) is 0 Å². The van der Waals surface area contributed by atoms with E-state index in [2.05, 4.69) is 0 Å². The van der Waals surface area contributed by atoms with E-state index < -0.39 is 10.0 Å². The number of ether oxygens (including phenoxy) is 1. The standard InChI is InChI=1S/C19H21ClN2O3S/c20-17-3-1-2-4-19(17)25-14-6-8-15(9-7-14)26(23,24)22-11-13-5-10-18(21)16(13)12-22/h1-4,6-9,13,16,18H,5,10-12,21H2. The Hall–Kier alpha value is -1.60. The van der Waals surface area contributed by atoms with E-state index in [1.165, 1.54) is 0 Å². The number of benzene rings is 2. The third-order valence-corrected chi connectivity index (χ3v) is 7.56. The topological polar surface area (TPSA) is 72.6 Å². The van der Waals surface area contributed by atoms with Gasteiger partial charge in [0, 0.05) is 19.1 Å². The Morgan fingerprint density at radius 3 is 2.46 bits per heavy atom. The highest BCUT2D eigenvalue weighted by Crippen LogP contribution is 2.39. The molecular weight excluding hydrogens is 372 g/mol. The minimum Gasteiger partial charge on any atom is -0.456 e. The van der Waals surface area contributed by atoms with Crippen LogP contribution in [0.2, 0.25) is 5.02 Å². The second kappa shape index (κ2) is 6.85. The van der Waals surface area contributed by atoms with Gasteiger partial charge in [-0.2, -0.15) is 4.31 Å². The second-order valence-electron chi connectivity index (χ2n) is 6.99. The normalized spacial score (nSPS) is 26.0. The molecule has 1 aliphatic heterocycles. The minimum absolute atomic E-state index is 0.117. The molecule has 7 heteroatoms. The van der Waals surface area contributed by atoms with Crippen molar-refractivity contribution >= 4 is 21.6 Å². The predicted molar refractivity (Wildman–Crippen MR) is 101 cm³/mol. The SMILES string of the molecule is NC1CCC2CN(S(=O)(=O)c3ccc(Oc4ccccc4Cl)cc3)CC12. The van der Waals surface area contributed by atoms with Crippen molar-refractivity contribution in [2.45, 2.75) is 23.8 Å². The highest BCUT2D eigenvalue weighted by molar-refractivity contribution is 7.89. The number of halogens is 1. The molecular formula is C19H21ClN2O3S. The predicted octanol–water partition coefficient (Wildman–Crippen LogP) is 3.49. The molecule has 0 amide bonds. The quantitative estimate of drug-likeness (QED) is 0.864. The van der Waals surface area contributed by atoms with Gasteiger partial charge in [-0.3, -0.25) is 0 Å². The number of hydrogen-bond acceptors (Lipinski definition) is 4. The maximum Gasteiger partial charge on any atom is 0.243 e. The van der Waals surface area contributed by atoms with E-state index in [0.29, 0.717) is 35.5 Å². The van der Waals surface area contributed by atoms with Crippen LogP contribution in [-0.2, 0) is 10.0 Å². The van der Waals surface area contributed by atoms with Crippen molar-refractivity contribution < 1.29 is 13.2 Å². The average Bonchev–Trinajstić information content (AvgIpc) is 3.20. The Balaban J connectivity index is 1.50. The Kier molecular flexibility index (Phi) is 4.69. The third kappa shape index (κ3) is 3.22. The van der Waals surface area contributed by atoms with Crippen LogP contribution in [-0.4, -0.2) is 31.9 Å². The monoisotopic (exact) mass is 392 g/mol. The number of fused-ring (bicyclic) bond motifs is 1. The number of nitrogens with two attached hydrogens (primary N) is 1. The minimum atomic E-state index is -3.51. The lowest BCUT2D eigenvalue weighted by Gasteiger charge is -2.19. The van der Waals surface area contributed by atoms with Crippen molar-refractivity contribution in [1.29, 1.82) is 0 Å². The molecule has 2 aromatic rings. The first-order valence-electron chi connectivity index (χ1n) is 8.73. The van der Waals surface area contributed by atoms with Crippen molar-refractivity contribution in [3.05, 3.63) is 53.6 Å². The summed E-state index contributed by atoms with van der Waals surface area (Å²) in [4.78, 5) is 0.276.